The average Bonchev–Trinajstić information content (AvgIpc) is 3.11. The number of ether oxygens (including phenoxy) is 2. The second kappa shape index (κ2) is 15.5. The Morgan fingerprint density at radius 3 is 1.28 bits per heavy atom. The van der Waals surface area contributed by atoms with E-state index in [-0.39, 0.29) is 59.8 Å². The van der Waals surface area contributed by atoms with Gasteiger partial charge in [-0.1, -0.05) is 48.5 Å². The molecule has 12 heteroatoms. The SMILES string of the molecule is COC(=O)[C@@H](N)Cc1ccccc1CC(=O)Nc1ccc2c(c1)C(=O)c1ccc(NC(=O)Cc3ccccc3C[C@H](N)C(=O)OC)cc1C2=O. The zero-order valence-corrected chi connectivity index (χ0v) is 27.5. The van der Waals surface area contributed by atoms with Gasteiger partial charge in [0, 0.05) is 33.6 Å². The number of benzene rings is 4. The molecule has 12 nitrogen and oxygen atoms in total. The molecule has 1 aliphatic rings. The summed E-state index contributed by atoms with van der Waals surface area (Å²) in [7, 11) is 2.51. The second-order valence-electron chi connectivity index (χ2n) is 11.8. The molecule has 0 saturated carbocycles. The number of hydrogen-bond donors (Lipinski definition) is 4. The molecule has 1 aliphatic carbocycles. The summed E-state index contributed by atoms with van der Waals surface area (Å²) in [5.74, 6) is -2.65. The van der Waals surface area contributed by atoms with Gasteiger partial charge < -0.3 is 31.6 Å². The number of rotatable bonds is 12. The summed E-state index contributed by atoms with van der Waals surface area (Å²) >= 11 is 0. The van der Waals surface area contributed by atoms with Crippen LogP contribution >= 0.6 is 0 Å². The third-order valence-electron chi connectivity index (χ3n) is 8.41. The molecule has 0 saturated heterocycles. The van der Waals surface area contributed by atoms with Crippen molar-refractivity contribution in [3.63, 3.8) is 0 Å². The lowest BCUT2D eigenvalue weighted by atomic mass is 9.83. The number of nitrogens with one attached hydrogen (secondary N) is 2. The van der Waals surface area contributed by atoms with Crippen molar-refractivity contribution >= 4 is 46.7 Å². The summed E-state index contributed by atoms with van der Waals surface area (Å²) in [5, 5.41) is 5.57. The molecule has 0 aliphatic heterocycles. The van der Waals surface area contributed by atoms with Crippen molar-refractivity contribution in [2.75, 3.05) is 24.9 Å². The highest BCUT2D eigenvalue weighted by atomic mass is 16.5. The molecule has 0 aromatic heterocycles. The number of anilines is 2. The number of fused-ring (bicyclic) bond motifs is 2. The number of esters is 2. The van der Waals surface area contributed by atoms with Crippen LogP contribution in [0.5, 0.6) is 0 Å². The first-order chi connectivity index (χ1) is 24.0. The van der Waals surface area contributed by atoms with Gasteiger partial charge in [-0.25, -0.2) is 0 Å². The van der Waals surface area contributed by atoms with E-state index in [2.05, 4.69) is 10.6 Å². The Hall–Kier alpha value is -5.98. The first-order valence-electron chi connectivity index (χ1n) is 15.8. The van der Waals surface area contributed by atoms with E-state index in [9.17, 15) is 28.8 Å². The number of nitrogens with two attached hydrogens (primary N) is 2. The van der Waals surface area contributed by atoms with Crippen LogP contribution in [0.2, 0.25) is 0 Å². The maximum absolute atomic E-state index is 13.5. The fourth-order valence-electron chi connectivity index (χ4n) is 5.86. The van der Waals surface area contributed by atoms with Crippen molar-refractivity contribution in [2.24, 2.45) is 11.5 Å². The van der Waals surface area contributed by atoms with Crippen LogP contribution in [0, 0.1) is 0 Å². The summed E-state index contributed by atoms with van der Waals surface area (Å²) in [6, 6.07) is 21.5. The molecule has 4 aromatic carbocycles. The summed E-state index contributed by atoms with van der Waals surface area (Å²) in [6.45, 7) is 0. The lowest BCUT2D eigenvalue weighted by Gasteiger charge is -2.19. The van der Waals surface area contributed by atoms with Crippen LogP contribution in [0.25, 0.3) is 0 Å². The molecule has 6 N–H and O–H groups in total. The summed E-state index contributed by atoms with van der Waals surface area (Å²) in [4.78, 5) is 76.7. The highest BCUT2D eigenvalue weighted by molar-refractivity contribution is 6.29. The van der Waals surface area contributed by atoms with Gasteiger partial charge in [0.2, 0.25) is 11.8 Å². The number of hydrogen-bond acceptors (Lipinski definition) is 10. The first kappa shape index (κ1) is 35.3. The lowest BCUT2D eigenvalue weighted by Crippen LogP contribution is -2.34. The van der Waals surface area contributed by atoms with Gasteiger partial charge in [0.15, 0.2) is 11.6 Å². The molecule has 4 aromatic rings. The van der Waals surface area contributed by atoms with E-state index < -0.39 is 35.6 Å². The van der Waals surface area contributed by atoms with Crippen LogP contribution < -0.4 is 22.1 Å². The van der Waals surface area contributed by atoms with E-state index in [0.717, 1.165) is 11.1 Å². The Kier molecular flexibility index (Phi) is 10.9. The maximum atomic E-state index is 13.5. The van der Waals surface area contributed by atoms with Crippen LogP contribution in [0.3, 0.4) is 0 Å². The minimum atomic E-state index is -0.878. The molecular formula is C38H36N4O8. The van der Waals surface area contributed by atoms with Crippen molar-refractivity contribution in [1.82, 2.24) is 0 Å². The largest absolute Gasteiger partial charge is 0.468 e. The Morgan fingerprint density at radius 2 is 0.920 bits per heavy atom. The quantitative estimate of drug-likeness (QED) is 0.143. The molecule has 0 bridgehead atoms. The highest BCUT2D eigenvalue weighted by Gasteiger charge is 2.30. The minimum Gasteiger partial charge on any atom is -0.468 e. The number of carbonyl (C=O) groups excluding carboxylic acids is 6. The molecule has 50 heavy (non-hydrogen) atoms. The van der Waals surface area contributed by atoms with Crippen LogP contribution in [-0.2, 0) is 54.3 Å². The van der Waals surface area contributed by atoms with Crippen molar-refractivity contribution in [3.8, 4) is 0 Å². The van der Waals surface area contributed by atoms with Gasteiger partial charge in [0.25, 0.3) is 0 Å². The van der Waals surface area contributed by atoms with E-state index in [1.54, 1.807) is 60.7 Å². The summed E-state index contributed by atoms with van der Waals surface area (Å²) in [6.07, 6.45) is 0.353. The van der Waals surface area contributed by atoms with E-state index in [0.29, 0.717) is 22.5 Å². The molecule has 0 fully saturated rings. The highest BCUT2D eigenvalue weighted by Crippen LogP contribution is 2.31. The Morgan fingerprint density at radius 1 is 0.560 bits per heavy atom. The van der Waals surface area contributed by atoms with Crippen LogP contribution in [0.1, 0.15) is 54.1 Å². The van der Waals surface area contributed by atoms with Crippen LogP contribution in [0.15, 0.2) is 84.9 Å². The third-order valence-corrected chi connectivity index (χ3v) is 8.41. The van der Waals surface area contributed by atoms with Gasteiger partial charge in [0.1, 0.15) is 12.1 Å². The average molecular weight is 677 g/mol. The first-order valence-corrected chi connectivity index (χ1v) is 15.8. The second-order valence-corrected chi connectivity index (χ2v) is 11.8. The normalized spacial score (nSPS) is 13.0. The van der Waals surface area contributed by atoms with E-state index in [1.165, 1.54) is 38.5 Å². The molecule has 0 unspecified atom stereocenters. The van der Waals surface area contributed by atoms with Crippen LogP contribution in [-0.4, -0.2) is 61.6 Å². The Balaban J connectivity index is 1.26. The number of ketones is 2. The van der Waals surface area contributed by atoms with Gasteiger partial charge in [-0.05, 0) is 71.5 Å². The van der Waals surface area contributed by atoms with Gasteiger partial charge >= 0.3 is 11.9 Å². The van der Waals surface area contributed by atoms with Crippen molar-refractivity contribution in [2.45, 2.75) is 37.8 Å². The zero-order valence-electron chi connectivity index (χ0n) is 27.5. The molecule has 2 atom stereocenters. The predicted molar refractivity (Wildman–Crippen MR) is 185 cm³/mol. The minimum absolute atomic E-state index is 0.0159. The van der Waals surface area contributed by atoms with Crippen LogP contribution in [0.4, 0.5) is 11.4 Å². The molecule has 0 radical (unpaired) electrons. The Bertz CT molecular complexity index is 1860. The van der Waals surface area contributed by atoms with Gasteiger partial charge in [-0.2, -0.15) is 0 Å². The third kappa shape index (κ3) is 8.00. The molecular weight excluding hydrogens is 640 g/mol. The molecule has 0 spiro atoms. The topological polar surface area (TPSA) is 197 Å². The zero-order chi connectivity index (χ0) is 35.9. The number of amides is 2. The van der Waals surface area contributed by atoms with Crippen molar-refractivity contribution in [3.05, 3.63) is 129 Å². The molecule has 5 rings (SSSR count). The lowest BCUT2D eigenvalue weighted by molar-refractivity contribution is -0.142. The van der Waals surface area contributed by atoms with Gasteiger partial charge in [-0.15, -0.1) is 0 Å². The Labute approximate surface area is 288 Å². The number of methoxy groups -OCH3 is 2. The molecule has 256 valence electrons. The smallest absolute Gasteiger partial charge is 0.322 e. The van der Waals surface area contributed by atoms with Gasteiger partial charge in [0.05, 0.1) is 27.1 Å². The summed E-state index contributed by atoms with van der Waals surface area (Å²) < 4.78 is 9.41. The van der Waals surface area contributed by atoms with E-state index in [4.69, 9.17) is 20.9 Å². The van der Waals surface area contributed by atoms with E-state index in [1.807, 2.05) is 0 Å². The van der Waals surface area contributed by atoms with Crippen molar-refractivity contribution in [1.29, 1.82) is 0 Å². The number of carbonyl (C=O) groups is 6. The fraction of sp³-hybridized carbons (Fsp3) is 0.211. The summed E-state index contributed by atoms with van der Waals surface area (Å²) in [5.41, 5.74) is 15.9. The fourth-order valence-corrected chi connectivity index (χ4v) is 5.86. The monoisotopic (exact) mass is 676 g/mol. The predicted octanol–water partition coefficient (Wildman–Crippen LogP) is 2.91. The van der Waals surface area contributed by atoms with Crippen molar-refractivity contribution < 1.29 is 38.2 Å². The maximum Gasteiger partial charge on any atom is 0.322 e. The van der Waals surface area contributed by atoms with Gasteiger partial charge in [-0.3, -0.25) is 28.8 Å². The molecule has 0 heterocycles. The molecule has 2 amide bonds. The standard InChI is InChI=1S/C38H36N4O8/c1-49-37(47)31(39)15-21-7-3-5-9-23(21)17-33(43)41-25-11-13-27-29(19-25)35(45)28-14-12-26(20-30(28)36(27)46)42-34(44)18-24-10-6-4-8-22(24)16-32(40)38(48)50-2/h3-14,19-20,31-32H,15-18,39-40H2,1-2H3,(H,41,43)(H,42,44)/t31-,32-/m0/s1. The van der Waals surface area contributed by atoms with E-state index >= 15 is 0 Å².